The molecule has 0 spiro atoms. The SMILES string of the molecule is COc1cccc([C@@H](CN[C@H](C)c2ccccc2)c2c[nH]c3ccccc23)c1OC. The molecule has 0 unspecified atom stereocenters. The number of H-pyrrole nitrogens is 1. The lowest BCUT2D eigenvalue weighted by atomic mass is 9.89. The maximum atomic E-state index is 5.79. The molecule has 0 amide bonds. The summed E-state index contributed by atoms with van der Waals surface area (Å²) in [6, 6.07) is 25.3. The second kappa shape index (κ2) is 9.06. The summed E-state index contributed by atoms with van der Waals surface area (Å²) in [4.78, 5) is 3.42. The first kappa shape index (κ1) is 20.0. The van der Waals surface area contributed by atoms with Crippen LogP contribution in [0.15, 0.2) is 79.0 Å². The number of nitrogens with one attached hydrogen (secondary N) is 2. The van der Waals surface area contributed by atoms with Crippen molar-refractivity contribution in [2.75, 3.05) is 20.8 Å². The van der Waals surface area contributed by atoms with E-state index in [1.54, 1.807) is 14.2 Å². The van der Waals surface area contributed by atoms with Gasteiger partial charge in [-0.2, -0.15) is 0 Å². The zero-order chi connectivity index (χ0) is 20.9. The summed E-state index contributed by atoms with van der Waals surface area (Å²) in [5.74, 6) is 1.62. The first-order valence-electron chi connectivity index (χ1n) is 10.3. The third kappa shape index (κ3) is 3.91. The van der Waals surface area contributed by atoms with Gasteiger partial charge in [0, 0.05) is 41.2 Å². The fourth-order valence-electron chi connectivity index (χ4n) is 4.11. The standard InChI is InChI=1S/C26H28N2O2/c1-18(19-10-5-4-6-11-19)27-16-23(21-13-9-15-25(29-2)26(21)30-3)22-17-28-24-14-8-7-12-20(22)24/h4-15,17-18,23,27-28H,16H2,1-3H3/t18-,23-/m1/s1. The highest BCUT2D eigenvalue weighted by Crippen LogP contribution is 2.40. The van der Waals surface area contributed by atoms with Crippen molar-refractivity contribution in [2.45, 2.75) is 18.9 Å². The van der Waals surface area contributed by atoms with Crippen LogP contribution in [0.2, 0.25) is 0 Å². The first-order chi connectivity index (χ1) is 14.7. The molecule has 4 nitrogen and oxygen atoms in total. The molecule has 0 saturated carbocycles. The molecule has 0 fully saturated rings. The number of benzene rings is 3. The maximum absolute atomic E-state index is 5.79. The first-order valence-corrected chi connectivity index (χ1v) is 10.3. The molecule has 1 heterocycles. The van der Waals surface area contributed by atoms with Crippen LogP contribution >= 0.6 is 0 Å². The Labute approximate surface area is 177 Å². The minimum Gasteiger partial charge on any atom is -0.493 e. The van der Waals surface area contributed by atoms with Crippen LogP contribution in [0.4, 0.5) is 0 Å². The normalized spacial score (nSPS) is 13.2. The van der Waals surface area contributed by atoms with Gasteiger partial charge in [0.05, 0.1) is 14.2 Å². The zero-order valence-electron chi connectivity index (χ0n) is 17.7. The third-order valence-corrected chi connectivity index (χ3v) is 5.73. The highest BCUT2D eigenvalue weighted by molar-refractivity contribution is 5.84. The van der Waals surface area contributed by atoms with Gasteiger partial charge < -0.3 is 19.8 Å². The Morgan fingerprint density at radius 3 is 2.37 bits per heavy atom. The molecule has 3 aromatic carbocycles. The van der Waals surface area contributed by atoms with Crippen molar-refractivity contribution in [2.24, 2.45) is 0 Å². The molecule has 4 aromatic rings. The van der Waals surface area contributed by atoms with Gasteiger partial charge in [0.2, 0.25) is 0 Å². The summed E-state index contributed by atoms with van der Waals surface area (Å²) in [5, 5.41) is 4.95. The quantitative estimate of drug-likeness (QED) is 0.401. The molecule has 2 N–H and O–H groups in total. The average molecular weight is 401 g/mol. The minimum atomic E-state index is 0.0948. The van der Waals surface area contributed by atoms with E-state index in [4.69, 9.17) is 9.47 Å². The molecule has 0 aliphatic carbocycles. The van der Waals surface area contributed by atoms with Gasteiger partial charge in [-0.25, -0.2) is 0 Å². The van der Waals surface area contributed by atoms with E-state index in [2.05, 4.69) is 78.0 Å². The molecule has 4 heteroatoms. The smallest absolute Gasteiger partial charge is 0.164 e. The van der Waals surface area contributed by atoms with E-state index in [-0.39, 0.29) is 12.0 Å². The van der Waals surface area contributed by atoms with Crippen molar-refractivity contribution in [3.63, 3.8) is 0 Å². The van der Waals surface area contributed by atoms with Gasteiger partial charge in [-0.1, -0.05) is 60.7 Å². The Balaban J connectivity index is 1.74. The Morgan fingerprint density at radius 2 is 1.60 bits per heavy atom. The van der Waals surface area contributed by atoms with Crippen molar-refractivity contribution >= 4 is 10.9 Å². The molecule has 0 aliphatic heterocycles. The van der Waals surface area contributed by atoms with Gasteiger partial charge in [0.15, 0.2) is 11.5 Å². The number of hydrogen-bond donors (Lipinski definition) is 2. The Hall–Kier alpha value is -3.24. The predicted octanol–water partition coefficient (Wildman–Crippen LogP) is 5.67. The van der Waals surface area contributed by atoms with E-state index in [9.17, 15) is 0 Å². The Kier molecular flexibility index (Phi) is 6.05. The number of methoxy groups -OCH3 is 2. The summed E-state index contributed by atoms with van der Waals surface area (Å²) < 4.78 is 11.4. The second-order valence-electron chi connectivity index (χ2n) is 7.47. The summed E-state index contributed by atoms with van der Waals surface area (Å²) in [6.07, 6.45) is 2.11. The topological polar surface area (TPSA) is 46.3 Å². The fraction of sp³-hybridized carbons (Fsp3) is 0.231. The summed E-state index contributed by atoms with van der Waals surface area (Å²) in [5.41, 5.74) is 4.75. The molecule has 0 aliphatic rings. The molecule has 154 valence electrons. The third-order valence-electron chi connectivity index (χ3n) is 5.73. The highest BCUT2D eigenvalue weighted by atomic mass is 16.5. The van der Waals surface area contributed by atoms with E-state index in [1.165, 1.54) is 16.5 Å². The Morgan fingerprint density at radius 1 is 0.833 bits per heavy atom. The van der Waals surface area contributed by atoms with Crippen LogP contribution in [0.1, 0.15) is 35.6 Å². The molecule has 0 radical (unpaired) electrons. The Bertz CT molecular complexity index is 1100. The van der Waals surface area contributed by atoms with Gasteiger partial charge in [-0.15, -0.1) is 0 Å². The summed E-state index contributed by atoms with van der Waals surface area (Å²) in [6.45, 7) is 2.96. The van der Waals surface area contributed by atoms with E-state index in [1.807, 2.05) is 18.2 Å². The fourth-order valence-corrected chi connectivity index (χ4v) is 4.11. The van der Waals surface area contributed by atoms with Gasteiger partial charge in [-0.3, -0.25) is 0 Å². The molecular weight excluding hydrogens is 372 g/mol. The lowest BCUT2D eigenvalue weighted by Gasteiger charge is -2.24. The van der Waals surface area contributed by atoms with Gasteiger partial charge in [0.25, 0.3) is 0 Å². The maximum Gasteiger partial charge on any atom is 0.164 e. The molecule has 30 heavy (non-hydrogen) atoms. The van der Waals surface area contributed by atoms with Crippen molar-refractivity contribution in [3.8, 4) is 11.5 Å². The van der Waals surface area contributed by atoms with Crippen LogP contribution in [-0.4, -0.2) is 25.7 Å². The highest BCUT2D eigenvalue weighted by Gasteiger charge is 2.24. The van der Waals surface area contributed by atoms with E-state index >= 15 is 0 Å². The number of ether oxygens (including phenoxy) is 2. The van der Waals surface area contributed by atoms with E-state index in [0.29, 0.717) is 0 Å². The van der Waals surface area contributed by atoms with E-state index < -0.39 is 0 Å². The molecule has 4 rings (SSSR count). The minimum absolute atomic E-state index is 0.0948. The predicted molar refractivity (Wildman–Crippen MR) is 123 cm³/mol. The van der Waals surface area contributed by atoms with Crippen molar-refractivity contribution in [1.29, 1.82) is 0 Å². The number of fused-ring (bicyclic) bond motifs is 1. The van der Waals surface area contributed by atoms with Crippen molar-refractivity contribution < 1.29 is 9.47 Å². The number of rotatable bonds is 8. The molecule has 1 aromatic heterocycles. The van der Waals surface area contributed by atoms with Crippen molar-refractivity contribution in [1.82, 2.24) is 10.3 Å². The van der Waals surface area contributed by atoms with E-state index in [0.717, 1.165) is 29.1 Å². The lowest BCUT2D eigenvalue weighted by molar-refractivity contribution is 0.350. The van der Waals surface area contributed by atoms with Crippen LogP contribution in [0.5, 0.6) is 11.5 Å². The van der Waals surface area contributed by atoms with Crippen LogP contribution in [0.25, 0.3) is 10.9 Å². The monoisotopic (exact) mass is 400 g/mol. The summed E-state index contributed by atoms with van der Waals surface area (Å²) >= 11 is 0. The van der Waals surface area contributed by atoms with Gasteiger partial charge in [0.1, 0.15) is 0 Å². The molecule has 0 bridgehead atoms. The lowest BCUT2D eigenvalue weighted by Crippen LogP contribution is -2.25. The number of para-hydroxylation sites is 2. The van der Waals surface area contributed by atoms with Gasteiger partial charge >= 0.3 is 0 Å². The number of aromatic amines is 1. The zero-order valence-corrected chi connectivity index (χ0v) is 17.7. The second-order valence-corrected chi connectivity index (χ2v) is 7.47. The van der Waals surface area contributed by atoms with Crippen LogP contribution in [-0.2, 0) is 0 Å². The van der Waals surface area contributed by atoms with Crippen molar-refractivity contribution in [3.05, 3.63) is 95.7 Å². The average Bonchev–Trinajstić information content (AvgIpc) is 3.23. The van der Waals surface area contributed by atoms with Crippen LogP contribution in [0, 0.1) is 0 Å². The molecule has 0 saturated heterocycles. The molecule has 2 atom stereocenters. The number of hydrogen-bond acceptors (Lipinski definition) is 3. The largest absolute Gasteiger partial charge is 0.493 e. The molecular formula is C26H28N2O2. The summed E-state index contributed by atoms with van der Waals surface area (Å²) in [7, 11) is 3.38. The van der Waals surface area contributed by atoms with Gasteiger partial charge in [-0.05, 0) is 30.2 Å². The van der Waals surface area contributed by atoms with Crippen LogP contribution in [0.3, 0.4) is 0 Å². The number of aromatic nitrogens is 1. The van der Waals surface area contributed by atoms with Crippen LogP contribution < -0.4 is 14.8 Å².